The summed E-state index contributed by atoms with van der Waals surface area (Å²) < 4.78 is 20.1. The van der Waals surface area contributed by atoms with Crippen LogP contribution in [0.2, 0.25) is 0 Å². The lowest BCUT2D eigenvalue weighted by Crippen LogP contribution is -2.40. The molecule has 2 heterocycles. The van der Waals surface area contributed by atoms with E-state index in [-0.39, 0.29) is 34.8 Å². The minimum absolute atomic E-state index is 0.0358. The van der Waals surface area contributed by atoms with E-state index < -0.39 is 11.9 Å². The van der Waals surface area contributed by atoms with Gasteiger partial charge in [-0.05, 0) is 32.8 Å². The smallest absolute Gasteiger partial charge is 0.167 e. The fourth-order valence-corrected chi connectivity index (χ4v) is 3.51. The predicted octanol–water partition coefficient (Wildman–Crippen LogP) is 1.44. The summed E-state index contributed by atoms with van der Waals surface area (Å²) in [5.74, 6) is 0.0850. The first-order valence-corrected chi connectivity index (χ1v) is 9.58. The first-order chi connectivity index (χ1) is 13.7. The van der Waals surface area contributed by atoms with Gasteiger partial charge in [0.25, 0.3) is 0 Å². The number of nitrogens with one attached hydrogen (secondary N) is 1. The number of anilines is 2. The van der Waals surface area contributed by atoms with Crippen molar-refractivity contribution in [1.29, 1.82) is 5.41 Å². The van der Waals surface area contributed by atoms with Gasteiger partial charge in [0.15, 0.2) is 11.6 Å². The number of hydrogen-bond donors (Lipinski definition) is 4. The number of ether oxygens (including phenoxy) is 1. The molecule has 9 heteroatoms. The van der Waals surface area contributed by atoms with E-state index in [0.29, 0.717) is 23.6 Å². The molecule has 4 rings (SSSR count). The molecule has 3 atom stereocenters. The lowest BCUT2D eigenvalue weighted by atomic mass is 10.0. The molecule has 0 radical (unpaired) electrons. The molecule has 0 amide bonds. The van der Waals surface area contributed by atoms with Crippen LogP contribution in [0.15, 0.2) is 24.5 Å². The summed E-state index contributed by atoms with van der Waals surface area (Å²) in [6.07, 6.45) is 2.42. The molecule has 2 fully saturated rings. The Balaban J connectivity index is 1.64. The fourth-order valence-electron chi connectivity index (χ4n) is 3.51. The van der Waals surface area contributed by atoms with Gasteiger partial charge in [-0.2, -0.15) is 0 Å². The highest BCUT2D eigenvalue weighted by Gasteiger charge is 2.41. The topological polar surface area (TPSA) is 134 Å². The van der Waals surface area contributed by atoms with Crippen molar-refractivity contribution in [3.8, 4) is 5.75 Å². The Labute approximate surface area is 168 Å². The second kappa shape index (κ2) is 6.93. The van der Waals surface area contributed by atoms with Crippen LogP contribution in [0.1, 0.15) is 37.9 Å². The standard InChI is InChI=1S/C20H25FN6O2/c1-10-18(23)15(28)8-27(10)17-7-14(25-9-26-17)19(24)11-5-16(12(21)6-13(11)22)29-20(2)3-4-20/h5-7,9-10,15,18,24,28H,3-4,8,22-23H2,1-2H3/t10-,15-,18-/m0/s1. The predicted molar refractivity (Wildman–Crippen MR) is 108 cm³/mol. The van der Waals surface area contributed by atoms with E-state index in [4.69, 9.17) is 21.6 Å². The van der Waals surface area contributed by atoms with E-state index in [0.717, 1.165) is 12.8 Å². The molecule has 0 bridgehead atoms. The second-order valence-electron chi connectivity index (χ2n) is 8.10. The maximum Gasteiger partial charge on any atom is 0.167 e. The van der Waals surface area contributed by atoms with Crippen LogP contribution in [-0.2, 0) is 0 Å². The molecule has 1 aromatic heterocycles. The second-order valence-corrected chi connectivity index (χ2v) is 8.10. The molecule has 1 aliphatic carbocycles. The highest BCUT2D eigenvalue weighted by atomic mass is 19.1. The van der Waals surface area contributed by atoms with Gasteiger partial charge in [0.05, 0.1) is 23.6 Å². The molecular weight excluding hydrogens is 375 g/mol. The number of aromatic nitrogens is 2. The molecular formula is C20H25FN6O2. The normalized spacial score (nSPS) is 25.1. The number of nitrogens with zero attached hydrogens (tertiary/aromatic N) is 3. The molecule has 6 N–H and O–H groups in total. The summed E-state index contributed by atoms with van der Waals surface area (Å²) in [5, 5.41) is 18.6. The number of hydrogen-bond acceptors (Lipinski definition) is 8. The van der Waals surface area contributed by atoms with Crippen molar-refractivity contribution in [2.45, 2.75) is 50.5 Å². The summed E-state index contributed by atoms with van der Waals surface area (Å²) in [4.78, 5) is 10.3. The zero-order valence-electron chi connectivity index (χ0n) is 16.4. The van der Waals surface area contributed by atoms with Crippen molar-refractivity contribution in [1.82, 2.24) is 9.97 Å². The highest BCUT2D eigenvalue weighted by Crippen LogP contribution is 2.41. The van der Waals surface area contributed by atoms with Gasteiger partial charge in [-0.3, -0.25) is 5.41 Å². The molecule has 2 aromatic rings. The fraction of sp³-hybridized carbons (Fsp3) is 0.450. The van der Waals surface area contributed by atoms with Crippen LogP contribution in [0.25, 0.3) is 0 Å². The molecule has 1 saturated heterocycles. The number of halogens is 1. The number of benzene rings is 1. The first kappa shape index (κ1) is 19.5. The SMILES string of the molecule is C[C@H]1[C@H](N)[C@@H](O)CN1c1cc(C(=N)c2cc(OC3(C)CC3)c(F)cc2N)ncn1. The Kier molecular flexibility index (Phi) is 4.66. The summed E-state index contributed by atoms with van der Waals surface area (Å²) >= 11 is 0. The molecule has 1 saturated carbocycles. The summed E-state index contributed by atoms with van der Waals surface area (Å²) in [5.41, 5.74) is 12.5. The van der Waals surface area contributed by atoms with Crippen LogP contribution >= 0.6 is 0 Å². The van der Waals surface area contributed by atoms with E-state index in [1.807, 2.05) is 18.7 Å². The van der Waals surface area contributed by atoms with Gasteiger partial charge in [0, 0.05) is 36.0 Å². The quantitative estimate of drug-likeness (QED) is 0.441. The van der Waals surface area contributed by atoms with E-state index in [2.05, 4.69) is 9.97 Å². The molecule has 2 aliphatic rings. The van der Waals surface area contributed by atoms with Crippen LogP contribution in [0.4, 0.5) is 15.9 Å². The van der Waals surface area contributed by atoms with Crippen molar-refractivity contribution >= 4 is 17.2 Å². The molecule has 1 aromatic carbocycles. The van der Waals surface area contributed by atoms with Gasteiger partial charge in [-0.15, -0.1) is 0 Å². The van der Waals surface area contributed by atoms with Crippen LogP contribution in [0, 0.1) is 11.2 Å². The van der Waals surface area contributed by atoms with Crippen LogP contribution in [0.5, 0.6) is 5.75 Å². The van der Waals surface area contributed by atoms with Crippen LogP contribution in [0.3, 0.4) is 0 Å². The summed E-state index contributed by atoms with van der Waals surface area (Å²) in [7, 11) is 0. The maximum absolute atomic E-state index is 14.3. The summed E-state index contributed by atoms with van der Waals surface area (Å²) in [6, 6.07) is 3.78. The molecule has 8 nitrogen and oxygen atoms in total. The molecule has 0 unspecified atom stereocenters. The third-order valence-electron chi connectivity index (χ3n) is 5.76. The zero-order valence-corrected chi connectivity index (χ0v) is 16.4. The lowest BCUT2D eigenvalue weighted by molar-refractivity contribution is 0.175. The Morgan fingerprint density at radius 1 is 1.34 bits per heavy atom. The Hall–Kier alpha value is -2.78. The molecule has 29 heavy (non-hydrogen) atoms. The number of nitrogen functional groups attached to an aromatic ring is 1. The van der Waals surface area contributed by atoms with E-state index in [1.165, 1.54) is 18.5 Å². The lowest BCUT2D eigenvalue weighted by Gasteiger charge is -2.24. The number of rotatable bonds is 5. The van der Waals surface area contributed by atoms with Crippen LogP contribution < -0.4 is 21.1 Å². The van der Waals surface area contributed by atoms with E-state index >= 15 is 0 Å². The molecule has 154 valence electrons. The average molecular weight is 400 g/mol. The van der Waals surface area contributed by atoms with E-state index in [1.54, 1.807) is 6.07 Å². The summed E-state index contributed by atoms with van der Waals surface area (Å²) in [6.45, 7) is 4.18. The number of aliphatic hydroxyl groups excluding tert-OH is 1. The Bertz CT molecular complexity index is 964. The third kappa shape index (κ3) is 3.63. The third-order valence-corrected chi connectivity index (χ3v) is 5.76. The Morgan fingerprint density at radius 2 is 2.07 bits per heavy atom. The van der Waals surface area contributed by atoms with Gasteiger partial charge >= 0.3 is 0 Å². The minimum atomic E-state index is -0.654. The number of β-amino-alcohol motifs (C(OH)–C–C–N with tert-alkyl or cyclic N) is 1. The van der Waals surface area contributed by atoms with Crippen molar-refractivity contribution in [2.24, 2.45) is 5.73 Å². The Morgan fingerprint density at radius 3 is 2.69 bits per heavy atom. The molecule has 1 aliphatic heterocycles. The van der Waals surface area contributed by atoms with Gasteiger partial charge in [-0.1, -0.05) is 0 Å². The van der Waals surface area contributed by atoms with E-state index in [9.17, 15) is 9.50 Å². The number of aliphatic hydroxyl groups is 1. The zero-order chi connectivity index (χ0) is 20.9. The van der Waals surface area contributed by atoms with Crippen molar-refractivity contribution in [3.05, 3.63) is 41.6 Å². The van der Waals surface area contributed by atoms with Crippen LogP contribution in [-0.4, -0.2) is 51.1 Å². The monoisotopic (exact) mass is 400 g/mol. The minimum Gasteiger partial charge on any atom is -0.484 e. The van der Waals surface area contributed by atoms with Gasteiger partial charge < -0.3 is 26.2 Å². The van der Waals surface area contributed by atoms with Crippen molar-refractivity contribution in [2.75, 3.05) is 17.2 Å². The van der Waals surface area contributed by atoms with Gasteiger partial charge in [0.1, 0.15) is 17.7 Å². The van der Waals surface area contributed by atoms with Crippen molar-refractivity contribution < 1.29 is 14.2 Å². The highest BCUT2D eigenvalue weighted by molar-refractivity contribution is 6.13. The molecule has 0 spiro atoms. The maximum atomic E-state index is 14.3. The van der Waals surface area contributed by atoms with Crippen molar-refractivity contribution in [3.63, 3.8) is 0 Å². The first-order valence-electron chi connectivity index (χ1n) is 9.58. The van der Waals surface area contributed by atoms with Gasteiger partial charge in [-0.25, -0.2) is 14.4 Å². The van der Waals surface area contributed by atoms with Gasteiger partial charge in [0.2, 0.25) is 0 Å². The number of nitrogens with two attached hydrogens (primary N) is 2. The largest absolute Gasteiger partial charge is 0.484 e. The average Bonchev–Trinajstić information content (AvgIpc) is 3.37.